The summed E-state index contributed by atoms with van der Waals surface area (Å²) in [5, 5.41) is 11.2. The summed E-state index contributed by atoms with van der Waals surface area (Å²) in [5.74, 6) is 0.626. The Morgan fingerprint density at radius 2 is 1.70 bits per heavy atom. The Bertz CT molecular complexity index is 1210. The third-order valence-corrected chi connectivity index (χ3v) is 6.91. The van der Waals surface area contributed by atoms with Gasteiger partial charge in [-0.25, -0.2) is 12.9 Å². The summed E-state index contributed by atoms with van der Waals surface area (Å²) in [5.41, 5.74) is 0.598. The number of sulfonamides is 1. The monoisotopic (exact) mass is 417 g/mol. The molecule has 0 aliphatic heterocycles. The molecule has 0 aliphatic rings. The lowest BCUT2D eigenvalue weighted by Gasteiger charge is -2.24. The summed E-state index contributed by atoms with van der Waals surface area (Å²) < 4.78 is 30.1. The van der Waals surface area contributed by atoms with Crippen LogP contribution in [-0.2, 0) is 16.4 Å². The Morgan fingerprint density at radius 1 is 1.04 bits per heavy atom. The summed E-state index contributed by atoms with van der Waals surface area (Å²) >= 11 is 6.45. The molecule has 4 aromatic rings. The lowest BCUT2D eigenvalue weighted by atomic mass is 10.3. The number of nitrogens with zero attached hydrogens (tertiary/aromatic N) is 4. The molecule has 1 N–H and O–H groups in total. The van der Waals surface area contributed by atoms with Crippen molar-refractivity contribution in [3.8, 4) is 0 Å². The van der Waals surface area contributed by atoms with Crippen molar-refractivity contribution in [1.82, 2.24) is 19.8 Å². The number of benzene rings is 2. The Labute approximate surface area is 165 Å². The molecule has 0 aliphatic carbocycles. The van der Waals surface area contributed by atoms with Gasteiger partial charge in [0.15, 0.2) is 9.78 Å². The highest BCUT2D eigenvalue weighted by molar-refractivity contribution is 7.92. The molecule has 2 aromatic carbocycles. The van der Waals surface area contributed by atoms with Crippen molar-refractivity contribution in [3.05, 3.63) is 70.4 Å². The fraction of sp³-hybridized carbons (Fsp3) is 0.118. The molecule has 7 nitrogen and oxygen atoms in total. The van der Waals surface area contributed by atoms with Crippen molar-refractivity contribution < 1.29 is 8.42 Å². The topological polar surface area (TPSA) is 83.4 Å². The van der Waals surface area contributed by atoms with Gasteiger partial charge in [0, 0.05) is 13.0 Å². The van der Waals surface area contributed by atoms with E-state index in [-0.39, 0.29) is 11.4 Å². The maximum absolute atomic E-state index is 13.2. The van der Waals surface area contributed by atoms with Crippen LogP contribution in [0.25, 0.3) is 4.96 Å². The molecule has 0 saturated carbocycles. The molecule has 2 aromatic heterocycles. The van der Waals surface area contributed by atoms with E-state index in [0.717, 1.165) is 0 Å². The zero-order valence-corrected chi connectivity index (χ0v) is 16.5. The van der Waals surface area contributed by atoms with Crippen molar-refractivity contribution >= 4 is 44.2 Å². The molecule has 10 heteroatoms. The van der Waals surface area contributed by atoms with Gasteiger partial charge < -0.3 is 0 Å². The first-order valence-corrected chi connectivity index (χ1v) is 10.8. The first kappa shape index (κ1) is 17.8. The fourth-order valence-electron chi connectivity index (χ4n) is 2.74. The van der Waals surface area contributed by atoms with E-state index >= 15 is 0 Å². The second-order valence-corrected chi connectivity index (χ2v) is 9.22. The first-order chi connectivity index (χ1) is 13.1. The molecular formula is C17H15N5O2S3. The van der Waals surface area contributed by atoms with Crippen LogP contribution in [0, 0.1) is 3.95 Å². The summed E-state index contributed by atoms with van der Waals surface area (Å²) in [7, 11) is -3.71. The molecule has 138 valence electrons. The maximum Gasteiger partial charge on any atom is 0.264 e. The van der Waals surface area contributed by atoms with E-state index in [2.05, 4.69) is 15.3 Å². The fourth-order valence-corrected chi connectivity index (χ4v) is 5.17. The summed E-state index contributed by atoms with van der Waals surface area (Å²) in [6, 6.07) is 17.4. The SMILES string of the molecule is O=S(=O)(c1ccccc1)N(CCc1nnc2sc(=S)[nH]n12)c1ccccc1. The van der Waals surface area contributed by atoms with Crippen molar-refractivity contribution in [2.24, 2.45) is 0 Å². The van der Waals surface area contributed by atoms with Gasteiger partial charge in [-0.15, -0.1) is 10.2 Å². The molecule has 0 amide bonds. The molecule has 0 saturated heterocycles. The largest absolute Gasteiger partial charge is 0.271 e. The number of nitrogens with one attached hydrogen (secondary N) is 1. The maximum atomic E-state index is 13.2. The van der Waals surface area contributed by atoms with Crippen LogP contribution in [-0.4, -0.2) is 34.8 Å². The number of aromatic amines is 1. The van der Waals surface area contributed by atoms with Gasteiger partial charge in [-0.2, -0.15) is 0 Å². The van der Waals surface area contributed by atoms with Gasteiger partial charge >= 0.3 is 0 Å². The number of anilines is 1. The third-order valence-electron chi connectivity index (χ3n) is 4.00. The molecule has 2 heterocycles. The number of H-pyrrole nitrogens is 1. The molecule has 0 radical (unpaired) electrons. The molecule has 0 unspecified atom stereocenters. The van der Waals surface area contributed by atoms with Gasteiger partial charge in [-0.05, 0) is 36.5 Å². The molecule has 0 fully saturated rings. The van der Waals surface area contributed by atoms with E-state index < -0.39 is 10.0 Å². The first-order valence-electron chi connectivity index (χ1n) is 8.12. The van der Waals surface area contributed by atoms with E-state index in [1.54, 1.807) is 47.0 Å². The standard InChI is InChI=1S/C17H15N5O2S3/c23-27(24,14-9-5-2-6-10-14)21(13-7-3-1-4-8-13)12-11-15-18-19-16-22(15)20-17(25)26-16/h1-10H,11-12H2,(H,20,25). The number of hydrogen-bond acceptors (Lipinski definition) is 6. The van der Waals surface area contributed by atoms with E-state index in [9.17, 15) is 8.42 Å². The summed E-state index contributed by atoms with van der Waals surface area (Å²) in [4.78, 5) is 0.905. The van der Waals surface area contributed by atoms with Crippen LogP contribution in [0.4, 0.5) is 5.69 Å². The van der Waals surface area contributed by atoms with E-state index in [1.165, 1.54) is 15.6 Å². The molecule has 4 rings (SSSR count). The average molecular weight is 418 g/mol. The van der Waals surface area contributed by atoms with Crippen LogP contribution in [0.2, 0.25) is 0 Å². The second kappa shape index (κ2) is 7.22. The number of fused-ring (bicyclic) bond motifs is 1. The van der Waals surface area contributed by atoms with Crippen molar-refractivity contribution in [3.63, 3.8) is 0 Å². The quantitative estimate of drug-likeness (QED) is 0.487. The van der Waals surface area contributed by atoms with Gasteiger partial charge in [0.2, 0.25) is 4.96 Å². The average Bonchev–Trinajstić information content (AvgIpc) is 3.23. The normalized spacial score (nSPS) is 11.7. The Balaban J connectivity index is 1.70. The number of para-hydroxylation sites is 1. The van der Waals surface area contributed by atoms with E-state index in [0.29, 0.717) is 26.8 Å². The van der Waals surface area contributed by atoms with Crippen molar-refractivity contribution in [1.29, 1.82) is 0 Å². The van der Waals surface area contributed by atoms with Crippen LogP contribution >= 0.6 is 23.6 Å². The molecular weight excluding hydrogens is 402 g/mol. The highest BCUT2D eigenvalue weighted by Gasteiger charge is 2.25. The smallest absolute Gasteiger partial charge is 0.264 e. The van der Waals surface area contributed by atoms with Gasteiger partial charge in [0.1, 0.15) is 0 Å². The molecule has 27 heavy (non-hydrogen) atoms. The van der Waals surface area contributed by atoms with Crippen LogP contribution in [0.5, 0.6) is 0 Å². The van der Waals surface area contributed by atoms with Crippen LogP contribution < -0.4 is 4.31 Å². The molecule has 0 atom stereocenters. The number of aromatic nitrogens is 4. The Kier molecular flexibility index (Phi) is 4.77. The minimum atomic E-state index is -3.71. The van der Waals surface area contributed by atoms with Gasteiger partial charge in [0.05, 0.1) is 10.6 Å². The predicted molar refractivity (Wildman–Crippen MR) is 107 cm³/mol. The van der Waals surface area contributed by atoms with Crippen LogP contribution in [0.1, 0.15) is 5.82 Å². The van der Waals surface area contributed by atoms with Gasteiger partial charge in [-0.3, -0.25) is 9.40 Å². The number of hydrogen-bond donors (Lipinski definition) is 1. The van der Waals surface area contributed by atoms with E-state index in [4.69, 9.17) is 12.2 Å². The van der Waals surface area contributed by atoms with Crippen molar-refractivity contribution in [2.45, 2.75) is 11.3 Å². The summed E-state index contributed by atoms with van der Waals surface area (Å²) in [6.07, 6.45) is 0.379. The predicted octanol–water partition coefficient (Wildman–Crippen LogP) is 3.29. The lowest BCUT2D eigenvalue weighted by Crippen LogP contribution is -2.33. The van der Waals surface area contributed by atoms with Crippen LogP contribution in [0.3, 0.4) is 0 Å². The Hall–Kier alpha value is -2.56. The minimum Gasteiger partial charge on any atom is -0.271 e. The van der Waals surface area contributed by atoms with Gasteiger partial charge in [-0.1, -0.05) is 47.7 Å². The lowest BCUT2D eigenvalue weighted by molar-refractivity contribution is 0.589. The highest BCUT2D eigenvalue weighted by atomic mass is 32.2. The third kappa shape index (κ3) is 3.51. The molecule has 0 spiro atoms. The molecule has 0 bridgehead atoms. The highest BCUT2D eigenvalue weighted by Crippen LogP contribution is 2.24. The van der Waals surface area contributed by atoms with Gasteiger partial charge in [0.25, 0.3) is 10.0 Å². The zero-order valence-electron chi connectivity index (χ0n) is 14.0. The summed E-state index contributed by atoms with van der Waals surface area (Å²) in [6.45, 7) is 0.221. The van der Waals surface area contributed by atoms with E-state index in [1.807, 2.05) is 18.2 Å². The Morgan fingerprint density at radius 3 is 2.41 bits per heavy atom. The second-order valence-electron chi connectivity index (χ2n) is 5.71. The number of rotatable bonds is 6. The van der Waals surface area contributed by atoms with Crippen LogP contribution in [0.15, 0.2) is 65.6 Å². The minimum absolute atomic E-state index is 0.221. The zero-order chi connectivity index (χ0) is 18.9. The van der Waals surface area contributed by atoms with Crippen molar-refractivity contribution in [2.75, 3.05) is 10.8 Å².